The molecule has 0 bridgehead atoms. The number of aliphatic carboxylic acids is 1. The molecular formula is C8H8N2O3. The minimum atomic E-state index is -1.06. The van der Waals surface area contributed by atoms with Gasteiger partial charge >= 0.3 is 5.97 Å². The molecule has 0 spiro atoms. The predicted molar refractivity (Wildman–Crippen MR) is 45.4 cm³/mol. The monoisotopic (exact) mass is 180 g/mol. The summed E-state index contributed by atoms with van der Waals surface area (Å²) in [6, 6.07) is 5.30. The van der Waals surface area contributed by atoms with Gasteiger partial charge < -0.3 is 9.94 Å². The third-order valence-corrected chi connectivity index (χ3v) is 1.14. The molecule has 0 aromatic carbocycles. The van der Waals surface area contributed by atoms with Crippen LogP contribution in [0.1, 0.15) is 5.69 Å². The smallest absolute Gasteiger partial charge is 0.344 e. The molecule has 1 heterocycles. The predicted octanol–water partition coefficient (Wildman–Crippen LogP) is 0.517. The molecule has 0 aliphatic carbocycles. The Hall–Kier alpha value is -1.91. The quantitative estimate of drug-likeness (QED) is 0.541. The van der Waals surface area contributed by atoms with Crippen LogP contribution in [0, 0.1) is 0 Å². The van der Waals surface area contributed by atoms with Crippen LogP contribution in [0.3, 0.4) is 0 Å². The normalized spacial score (nSPS) is 10.2. The molecule has 0 saturated carbocycles. The lowest BCUT2D eigenvalue weighted by atomic mass is 10.4. The summed E-state index contributed by atoms with van der Waals surface area (Å²) < 4.78 is 0. The maximum atomic E-state index is 10.00. The van der Waals surface area contributed by atoms with Crippen molar-refractivity contribution in [3.63, 3.8) is 0 Å². The highest BCUT2D eigenvalue weighted by Gasteiger charge is 1.93. The Morgan fingerprint density at radius 3 is 3.15 bits per heavy atom. The van der Waals surface area contributed by atoms with Gasteiger partial charge in [-0.25, -0.2) is 4.79 Å². The molecule has 68 valence electrons. The molecule has 1 N–H and O–H groups in total. The fraction of sp³-hybridized carbons (Fsp3) is 0.125. The summed E-state index contributed by atoms with van der Waals surface area (Å²) >= 11 is 0. The summed E-state index contributed by atoms with van der Waals surface area (Å²) in [5.74, 6) is -1.06. The first-order valence-corrected chi connectivity index (χ1v) is 3.57. The van der Waals surface area contributed by atoms with Crippen LogP contribution in [0.4, 0.5) is 0 Å². The van der Waals surface area contributed by atoms with Crippen molar-refractivity contribution in [3.8, 4) is 0 Å². The van der Waals surface area contributed by atoms with Gasteiger partial charge in [0.05, 0.1) is 11.9 Å². The maximum absolute atomic E-state index is 10.00. The number of aromatic nitrogens is 1. The second-order valence-corrected chi connectivity index (χ2v) is 2.16. The molecule has 0 aliphatic heterocycles. The van der Waals surface area contributed by atoms with Crippen molar-refractivity contribution in [2.75, 3.05) is 6.61 Å². The van der Waals surface area contributed by atoms with Gasteiger partial charge in [-0.15, -0.1) is 0 Å². The molecule has 1 aromatic rings. The van der Waals surface area contributed by atoms with E-state index >= 15 is 0 Å². The third kappa shape index (κ3) is 3.85. The maximum Gasteiger partial charge on any atom is 0.344 e. The average Bonchev–Trinajstić information content (AvgIpc) is 2.14. The summed E-state index contributed by atoms with van der Waals surface area (Å²) in [4.78, 5) is 18.3. The first-order valence-electron chi connectivity index (χ1n) is 3.57. The van der Waals surface area contributed by atoms with E-state index in [2.05, 4.69) is 15.0 Å². The lowest BCUT2D eigenvalue weighted by molar-refractivity contribution is -0.142. The fourth-order valence-corrected chi connectivity index (χ4v) is 0.636. The summed E-state index contributed by atoms with van der Waals surface area (Å²) in [6.45, 7) is -0.441. The minimum Gasteiger partial charge on any atom is -0.479 e. The van der Waals surface area contributed by atoms with Gasteiger partial charge in [0.25, 0.3) is 0 Å². The largest absolute Gasteiger partial charge is 0.479 e. The minimum absolute atomic E-state index is 0.441. The number of hydrogen-bond acceptors (Lipinski definition) is 4. The lowest BCUT2D eigenvalue weighted by Gasteiger charge is -1.92. The second-order valence-electron chi connectivity index (χ2n) is 2.16. The summed E-state index contributed by atoms with van der Waals surface area (Å²) in [7, 11) is 0. The van der Waals surface area contributed by atoms with Crippen LogP contribution < -0.4 is 0 Å². The van der Waals surface area contributed by atoms with E-state index < -0.39 is 12.6 Å². The molecule has 5 heteroatoms. The number of pyridine rings is 1. The Balaban J connectivity index is 2.37. The standard InChI is InChI=1S/C8H8N2O3/c11-8(12)6-13-10-5-7-3-1-2-4-9-7/h1-5H,6H2,(H,11,12). The molecule has 0 aliphatic rings. The Kier molecular flexibility index (Phi) is 3.44. The topological polar surface area (TPSA) is 71.8 Å². The van der Waals surface area contributed by atoms with Crippen molar-refractivity contribution < 1.29 is 14.7 Å². The zero-order chi connectivity index (χ0) is 9.52. The van der Waals surface area contributed by atoms with Crippen molar-refractivity contribution in [3.05, 3.63) is 30.1 Å². The molecule has 0 amide bonds. The number of carbonyl (C=O) groups is 1. The van der Waals surface area contributed by atoms with Crippen LogP contribution in [-0.4, -0.2) is 28.9 Å². The molecule has 0 radical (unpaired) electrons. The van der Waals surface area contributed by atoms with Gasteiger partial charge in [0.2, 0.25) is 6.61 Å². The van der Waals surface area contributed by atoms with E-state index in [0.29, 0.717) is 5.69 Å². The Bertz CT molecular complexity index is 298. The molecule has 0 fully saturated rings. The Morgan fingerprint density at radius 1 is 1.69 bits per heavy atom. The Labute approximate surface area is 74.7 Å². The molecule has 1 rings (SSSR count). The van der Waals surface area contributed by atoms with E-state index in [1.807, 2.05) is 0 Å². The van der Waals surface area contributed by atoms with Crippen LogP contribution in [0.25, 0.3) is 0 Å². The van der Waals surface area contributed by atoms with Crippen molar-refractivity contribution in [1.29, 1.82) is 0 Å². The van der Waals surface area contributed by atoms with Crippen molar-refractivity contribution in [2.45, 2.75) is 0 Å². The van der Waals surface area contributed by atoms with Crippen molar-refractivity contribution in [2.24, 2.45) is 5.16 Å². The van der Waals surface area contributed by atoms with E-state index in [9.17, 15) is 4.79 Å². The molecular weight excluding hydrogens is 172 g/mol. The van der Waals surface area contributed by atoms with Crippen LogP contribution in [0.15, 0.2) is 29.6 Å². The first-order chi connectivity index (χ1) is 6.29. The van der Waals surface area contributed by atoms with E-state index in [0.717, 1.165) is 0 Å². The zero-order valence-corrected chi connectivity index (χ0v) is 6.75. The van der Waals surface area contributed by atoms with Gasteiger partial charge in [0, 0.05) is 6.20 Å². The van der Waals surface area contributed by atoms with Crippen molar-refractivity contribution >= 4 is 12.2 Å². The molecule has 0 atom stereocenters. The fourth-order valence-electron chi connectivity index (χ4n) is 0.636. The Morgan fingerprint density at radius 2 is 2.54 bits per heavy atom. The van der Waals surface area contributed by atoms with Crippen molar-refractivity contribution in [1.82, 2.24) is 4.98 Å². The highest BCUT2D eigenvalue weighted by atomic mass is 16.6. The number of carboxylic acids is 1. The van der Waals surface area contributed by atoms with Gasteiger partial charge in [0.15, 0.2) is 0 Å². The van der Waals surface area contributed by atoms with E-state index in [-0.39, 0.29) is 0 Å². The second kappa shape index (κ2) is 4.87. The number of rotatable bonds is 4. The van der Waals surface area contributed by atoms with E-state index in [1.165, 1.54) is 6.21 Å². The number of oxime groups is 1. The third-order valence-electron chi connectivity index (χ3n) is 1.14. The van der Waals surface area contributed by atoms with Gasteiger partial charge in [-0.05, 0) is 12.1 Å². The van der Waals surface area contributed by atoms with E-state index in [4.69, 9.17) is 5.11 Å². The highest BCUT2D eigenvalue weighted by Crippen LogP contribution is 1.88. The van der Waals surface area contributed by atoms with Crippen LogP contribution >= 0.6 is 0 Å². The molecule has 5 nitrogen and oxygen atoms in total. The molecule has 13 heavy (non-hydrogen) atoms. The number of hydrogen-bond donors (Lipinski definition) is 1. The van der Waals surface area contributed by atoms with Crippen LogP contribution in [0.2, 0.25) is 0 Å². The lowest BCUT2D eigenvalue weighted by Crippen LogP contribution is -2.03. The SMILES string of the molecule is O=C(O)CON=Cc1ccccn1. The summed E-state index contributed by atoms with van der Waals surface area (Å²) in [5.41, 5.74) is 0.618. The number of nitrogens with zero attached hydrogens (tertiary/aromatic N) is 2. The van der Waals surface area contributed by atoms with Crippen LogP contribution in [0.5, 0.6) is 0 Å². The summed E-state index contributed by atoms with van der Waals surface area (Å²) in [5, 5.41) is 11.6. The summed E-state index contributed by atoms with van der Waals surface area (Å²) in [6.07, 6.45) is 2.96. The zero-order valence-electron chi connectivity index (χ0n) is 6.75. The van der Waals surface area contributed by atoms with Gasteiger partial charge in [-0.2, -0.15) is 0 Å². The van der Waals surface area contributed by atoms with Gasteiger partial charge in [0.1, 0.15) is 0 Å². The number of carboxylic acid groups (broad SMARTS) is 1. The molecule has 0 unspecified atom stereocenters. The molecule has 0 saturated heterocycles. The van der Waals surface area contributed by atoms with Gasteiger partial charge in [-0.3, -0.25) is 4.98 Å². The van der Waals surface area contributed by atoms with E-state index in [1.54, 1.807) is 24.4 Å². The van der Waals surface area contributed by atoms with Gasteiger partial charge in [-0.1, -0.05) is 11.2 Å². The highest BCUT2D eigenvalue weighted by molar-refractivity contribution is 5.76. The van der Waals surface area contributed by atoms with Crippen LogP contribution in [-0.2, 0) is 9.63 Å². The first kappa shape index (κ1) is 9.18. The molecule has 1 aromatic heterocycles. The average molecular weight is 180 g/mol.